The van der Waals surface area contributed by atoms with E-state index in [0.717, 1.165) is 32.4 Å². The molecule has 0 rings (SSSR count). The van der Waals surface area contributed by atoms with E-state index in [2.05, 4.69) is 44.9 Å². The molecule has 0 aromatic carbocycles. The van der Waals surface area contributed by atoms with E-state index in [0.29, 0.717) is 6.04 Å². The van der Waals surface area contributed by atoms with Crippen LogP contribution in [-0.4, -0.2) is 26.3 Å². The standard InChI is InChI=1S/C15H29NO/c1-6-12-16-14(10-8-13-17-5)9-7-11-15(2,3)4/h14,16H,6,8-10,12-13H2,1-5H3. The van der Waals surface area contributed by atoms with Crippen molar-refractivity contribution in [2.24, 2.45) is 5.41 Å². The largest absolute Gasteiger partial charge is 0.385 e. The van der Waals surface area contributed by atoms with Crippen LogP contribution < -0.4 is 5.32 Å². The average molecular weight is 239 g/mol. The van der Waals surface area contributed by atoms with Gasteiger partial charge in [0.25, 0.3) is 0 Å². The van der Waals surface area contributed by atoms with Gasteiger partial charge in [-0.1, -0.05) is 12.8 Å². The van der Waals surface area contributed by atoms with Crippen LogP contribution in [0.5, 0.6) is 0 Å². The van der Waals surface area contributed by atoms with Gasteiger partial charge in [0.2, 0.25) is 0 Å². The van der Waals surface area contributed by atoms with Gasteiger partial charge >= 0.3 is 0 Å². The molecule has 0 aliphatic heterocycles. The van der Waals surface area contributed by atoms with Crippen LogP contribution in [-0.2, 0) is 4.74 Å². The molecule has 0 aliphatic carbocycles. The summed E-state index contributed by atoms with van der Waals surface area (Å²) in [6.07, 6.45) is 4.37. The Balaban J connectivity index is 4.03. The van der Waals surface area contributed by atoms with Crippen molar-refractivity contribution in [1.29, 1.82) is 0 Å². The molecular formula is C15H29NO. The van der Waals surface area contributed by atoms with Gasteiger partial charge < -0.3 is 10.1 Å². The first-order valence-corrected chi connectivity index (χ1v) is 6.72. The van der Waals surface area contributed by atoms with Gasteiger partial charge in [-0.05, 0) is 46.6 Å². The van der Waals surface area contributed by atoms with Crippen molar-refractivity contribution < 1.29 is 4.74 Å². The van der Waals surface area contributed by atoms with Crippen molar-refractivity contribution in [3.05, 3.63) is 0 Å². The minimum Gasteiger partial charge on any atom is -0.385 e. The summed E-state index contributed by atoms with van der Waals surface area (Å²) < 4.78 is 5.09. The third-order valence-electron chi connectivity index (χ3n) is 2.40. The van der Waals surface area contributed by atoms with Crippen molar-refractivity contribution in [2.75, 3.05) is 20.3 Å². The Morgan fingerprint density at radius 2 is 2.00 bits per heavy atom. The molecule has 0 aromatic heterocycles. The Morgan fingerprint density at radius 1 is 1.29 bits per heavy atom. The van der Waals surface area contributed by atoms with Crippen LogP contribution in [0.15, 0.2) is 0 Å². The third-order valence-corrected chi connectivity index (χ3v) is 2.40. The van der Waals surface area contributed by atoms with Crippen LogP contribution in [0.1, 0.15) is 53.4 Å². The summed E-state index contributed by atoms with van der Waals surface area (Å²) in [5.41, 5.74) is 0.113. The number of ether oxygens (including phenoxy) is 1. The lowest BCUT2D eigenvalue weighted by Crippen LogP contribution is -2.29. The Labute approximate surface area is 108 Å². The lowest BCUT2D eigenvalue weighted by atomic mass is 9.97. The van der Waals surface area contributed by atoms with Crippen LogP contribution in [0.25, 0.3) is 0 Å². The molecule has 17 heavy (non-hydrogen) atoms. The van der Waals surface area contributed by atoms with Crippen molar-refractivity contribution in [2.45, 2.75) is 59.4 Å². The lowest BCUT2D eigenvalue weighted by Gasteiger charge is -2.16. The van der Waals surface area contributed by atoms with Crippen molar-refractivity contribution in [3.8, 4) is 11.8 Å². The highest BCUT2D eigenvalue weighted by Gasteiger charge is 2.07. The number of methoxy groups -OCH3 is 1. The maximum absolute atomic E-state index is 5.09. The number of nitrogens with one attached hydrogen (secondary N) is 1. The predicted molar refractivity (Wildman–Crippen MR) is 75.0 cm³/mol. The quantitative estimate of drug-likeness (QED) is 0.519. The predicted octanol–water partition coefficient (Wildman–Crippen LogP) is 3.22. The maximum atomic E-state index is 5.09. The molecule has 0 bridgehead atoms. The molecule has 1 unspecified atom stereocenters. The molecule has 0 heterocycles. The normalized spacial score (nSPS) is 13.0. The second-order valence-electron chi connectivity index (χ2n) is 5.54. The van der Waals surface area contributed by atoms with Gasteiger partial charge in [-0.25, -0.2) is 0 Å². The smallest absolute Gasteiger partial charge is 0.0462 e. The van der Waals surface area contributed by atoms with Crippen molar-refractivity contribution in [3.63, 3.8) is 0 Å². The first-order valence-electron chi connectivity index (χ1n) is 6.72. The Morgan fingerprint density at radius 3 is 2.53 bits per heavy atom. The second-order valence-corrected chi connectivity index (χ2v) is 5.54. The fourth-order valence-electron chi connectivity index (χ4n) is 1.54. The van der Waals surface area contributed by atoms with E-state index < -0.39 is 0 Å². The molecule has 0 amide bonds. The van der Waals surface area contributed by atoms with Gasteiger partial charge in [0, 0.05) is 31.6 Å². The maximum Gasteiger partial charge on any atom is 0.0462 e. The Bertz CT molecular complexity index is 232. The van der Waals surface area contributed by atoms with Gasteiger partial charge in [-0.15, -0.1) is 5.92 Å². The van der Waals surface area contributed by atoms with E-state index >= 15 is 0 Å². The van der Waals surface area contributed by atoms with Gasteiger partial charge in [-0.3, -0.25) is 0 Å². The number of hydrogen-bond acceptors (Lipinski definition) is 2. The minimum atomic E-state index is 0.113. The average Bonchev–Trinajstić information content (AvgIpc) is 2.23. The molecule has 2 heteroatoms. The minimum absolute atomic E-state index is 0.113. The Hall–Kier alpha value is -0.520. The molecule has 0 aliphatic rings. The van der Waals surface area contributed by atoms with E-state index in [9.17, 15) is 0 Å². The van der Waals surface area contributed by atoms with E-state index in [4.69, 9.17) is 4.74 Å². The van der Waals surface area contributed by atoms with Crippen LogP contribution in [0.4, 0.5) is 0 Å². The summed E-state index contributed by atoms with van der Waals surface area (Å²) in [7, 11) is 1.76. The van der Waals surface area contributed by atoms with Gasteiger partial charge in [0.1, 0.15) is 0 Å². The first kappa shape index (κ1) is 16.5. The molecule has 1 atom stereocenters. The molecular weight excluding hydrogens is 210 g/mol. The van der Waals surface area contributed by atoms with Crippen LogP contribution in [0.3, 0.4) is 0 Å². The summed E-state index contributed by atoms with van der Waals surface area (Å²) in [6.45, 7) is 10.6. The zero-order chi connectivity index (χ0) is 13.1. The van der Waals surface area contributed by atoms with E-state index in [1.165, 1.54) is 6.42 Å². The monoisotopic (exact) mass is 239 g/mol. The van der Waals surface area contributed by atoms with Crippen molar-refractivity contribution in [1.82, 2.24) is 5.32 Å². The lowest BCUT2D eigenvalue weighted by molar-refractivity contribution is 0.189. The van der Waals surface area contributed by atoms with Crippen molar-refractivity contribution >= 4 is 0 Å². The molecule has 0 aromatic rings. The first-order chi connectivity index (χ1) is 7.99. The molecule has 100 valence electrons. The molecule has 1 N–H and O–H groups in total. The summed E-state index contributed by atoms with van der Waals surface area (Å²) in [5.74, 6) is 6.61. The number of hydrogen-bond donors (Lipinski definition) is 1. The summed E-state index contributed by atoms with van der Waals surface area (Å²) in [6, 6.07) is 0.514. The summed E-state index contributed by atoms with van der Waals surface area (Å²) in [5, 5.41) is 3.56. The van der Waals surface area contributed by atoms with E-state index in [1.54, 1.807) is 7.11 Å². The molecule has 0 saturated carbocycles. The van der Waals surface area contributed by atoms with Crippen LogP contribution >= 0.6 is 0 Å². The van der Waals surface area contributed by atoms with E-state index in [-0.39, 0.29) is 5.41 Å². The summed E-state index contributed by atoms with van der Waals surface area (Å²) in [4.78, 5) is 0. The molecule has 0 spiro atoms. The molecule has 0 saturated heterocycles. The van der Waals surface area contributed by atoms with Gasteiger partial charge in [0.05, 0.1) is 0 Å². The topological polar surface area (TPSA) is 21.3 Å². The fraction of sp³-hybridized carbons (Fsp3) is 0.867. The zero-order valence-corrected chi connectivity index (χ0v) is 12.2. The SMILES string of the molecule is CCCNC(CC#CC(C)(C)C)CCCOC. The van der Waals surface area contributed by atoms with Crippen LogP contribution in [0, 0.1) is 17.3 Å². The Kier molecular flexibility index (Phi) is 9.21. The fourth-order valence-corrected chi connectivity index (χ4v) is 1.54. The van der Waals surface area contributed by atoms with Gasteiger partial charge in [0.15, 0.2) is 0 Å². The van der Waals surface area contributed by atoms with E-state index in [1.807, 2.05) is 0 Å². The zero-order valence-electron chi connectivity index (χ0n) is 12.2. The molecule has 0 fully saturated rings. The summed E-state index contributed by atoms with van der Waals surface area (Å²) >= 11 is 0. The molecule has 2 nitrogen and oxygen atoms in total. The molecule has 0 radical (unpaired) electrons. The highest BCUT2D eigenvalue weighted by Crippen LogP contribution is 2.10. The van der Waals surface area contributed by atoms with Gasteiger partial charge in [-0.2, -0.15) is 0 Å². The third kappa shape index (κ3) is 11.7. The highest BCUT2D eigenvalue weighted by molar-refractivity contribution is 5.08. The number of rotatable bonds is 8. The second kappa shape index (κ2) is 9.50. The highest BCUT2D eigenvalue weighted by atomic mass is 16.5. The van der Waals surface area contributed by atoms with Crippen LogP contribution in [0.2, 0.25) is 0 Å².